The first kappa shape index (κ1) is 14.8. The molecule has 20 heavy (non-hydrogen) atoms. The van der Waals surface area contributed by atoms with Crippen LogP contribution in [0.3, 0.4) is 0 Å². The Morgan fingerprint density at radius 2 is 2.15 bits per heavy atom. The largest absolute Gasteiger partial charge is 0.479 e. The molecular weight excluding hydrogens is 280 g/mol. The molecule has 1 fully saturated rings. The van der Waals surface area contributed by atoms with Gasteiger partial charge in [-0.25, -0.2) is 14.6 Å². The van der Waals surface area contributed by atoms with Crippen LogP contribution >= 0.6 is 11.3 Å². The second kappa shape index (κ2) is 5.40. The first-order chi connectivity index (χ1) is 9.29. The standard InChI is InChI=1S/C13H18N2O4S/c1-13(2,3)19-12(18)15(8-4-5-8)10(11(16)17)9-6-20-7-14-9/h6-8,10H,4-5H2,1-3H3,(H,16,17). The van der Waals surface area contributed by atoms with Crippen LogP contribution < -0.4 is 0 Å². The van der Waals surface area contributed by atoms with E-state index in [0.717, 1.165) is 12.8 Å². The molecule has 110 valence electrons. The fraction of sp³-hybridized carbons (Fsp3) is 0.615. The zero-order valence-electron chi connectivity index (χ0n) is 11.7. The number of aliphatic carboxylic acids is 1. The van der Waals surface area contributed by atoms with Crippen LogP contribution in [0.4, 0.5) is 4.79 Å². The van der Waals surface area contributed by atoms with E-state index in [2.05, 4.69) is 4.98 Å². The van der Waals surface area contributed by atoms with E-state index in [1.165, 1.54) is 16.2 Å². The summed E-state index contributed by atoms with van der Waals surface area (Å²) in [6.07, 6.45) is 1.00. The third-order valence-corrected chi connectivity index (χ3v) is 3.39. The van der Waals surface area contributed by atoms with Crippen LogP contribution in [0.1, 0.15) is 45.3 Å². The van der Waals surface area contributed by atoms with Crippen LogP contribution in [0.15, 0.2) is 10.9 Å². The lowest BCUT2D eigenvalue weighted by molar-refractivity contribution is -0.143. The topological polar surface area (TPSA) is 79.7 Å². The zero-order chi connectivity index (χ0) is 14.9. The predicted molar refractivity (Wildman–Crippen MR) is 73.6 cm³/mol. The molecule has 2 rings (SSSR count). The van der Waals surface area contributed by atoms with Crippen molar-refractivity contribution >= 4 is 23.4 Å². The van der Waals surface area contributed by atoms with Gasteiger partial charge >= 0.3 is 12.1 Å². The maximum Gasteiger partial charge on any atom is 0.411 e. The van der Waals surface area contributed by atoms with Crippen LogP contribution in [0.25, 0.3) is 0 Å². The molecule has 1 atom stereocenters. The summed E-state index contributed by atoms with van der Waals surface area (Å²) in [6.45, 7) is 5.28. The smallest absolute Gasteiger partial charge is 0.411 e. The minimum atomic E-state index is -1.09. The molecule has 0 bridgehead atoms. The van der Waals surface area contributed by atoms with Crippen molar-refractivity contribution in [3.05, 3.63) is 16.6 Å². The maximum absolute atomic E-state index is 12.3. The van der Waals surface area contributed by atoms with Crippen molar-refractivity contribution in [3.8, 4) is 0 Å². The zero-order valence-corrected chi connectivity index (χ0v) is 12.5. The SMILES string of the molecule is CC(C)(C)OC(=O)N(C1CC1)C(C(=O)O)c1cscn1. The Morgan fingerprint density at radius 1 is 1.50 bits per heavy atom. The fourth-order valence-corrected chi connectivity index (χ4v) is 2.45. The number of ether oxygens (including phenoxy) is 1. The molecule has 1 aromatic rings. The summed E-state index contributed by atoms with van der Waals surface area (Å²) in [4.78, 5) is 29.2. The number of carbonyl (C=O) groups excluding carboxylic acids is 1. The predicted octanol–water partition coefficient (Wildman–Crippen LogP) is 2.67. The van der Waals surface area contributed by atoms with Gasteiger partial charge in [0.2, 0.25) is 0 Å². The molecule has 1 aliphatic carbocycles. The summed E-state index contributed by atoms with van der Waals surface area (Å²) in [5.41, 5.74) is 1.28. The summed E-state index contributed by atoms with van der Waals surface area (Å²) >= 11 is 1.31. The Labute approximate surface area is 121 Å². The molecule has 0 aliphatic heterocycles. The van der Waals surface area contributed by atoms with Gasteiger partial charge in [0.25, 0.3) is 0 Å². The fourth-order valence-electron chi connectivity index (χ4n) is 1.88. The molecule has 1 unspecified atom stereocenters. The van der Waals surface area contributed by atoms with Gasteiger partial charge in [0, 0.05) is 11.4 Å². The molecule has 1 amide bonds. The summed E-state index contributed by atoms with van der Waals surface area (Å²) in [6, 6.07) is -1.16. The molecule has 1 aromatic heterocycles. The Kier molecular flexibility index (Phi) is 3.99. The van der Waals surface area contributed by atoms with Gasteiger partial charge in [0.15, 0.2) is 6.04 Å². The number of hydrogen-bond donors (Lipinski definition) is 1. The first-order valence-electron chi connectivity index (χ1n) is 6.42. The van der Waals surface area contributed by atoms with Crippen LogP contribution in [0, 0.1) is 0 Å². The molecule has 0 aromatic carbocycles. The van der Waals surface area contributed by atoms with Gasteiger partial charge in [-0.15, -0.1) is 11.3 Å². The Hall–Kier alpha value is -1.63. The highest BCUT2D eigenvalue weighted by atomic mass is 32.1. The third-order valence-electron chi connectivity index (χ3n) is 2.79. The van der Waals surface area contributed by atoms with Gasteiger partial charge in [-0.2, -0.15) is 0 Å². The molecule has 7 heteroatoms. The second-order valence-electron chi connectivity index (χ2n) is 5.77. The van der Waals surface area contributed by atoms with Crippen molar-refractivity contribution in [2.75, 3.05) is 0 Å². The number of carboxylic acid groups (broad SMARTS) is 1. The number of hydrogen-bond acceptors (Lipinski definition) is 5. The van der Waals surface area contributed by atoms with Crippen molar-refractivity contribution in [1.82, 2.24) is 9.88 Å². The van der Waals surface area contributed by atoms with Crippen molar-refractivity contribution < 1.29 is 19.4 Å². The second-order valence-corrected chi connectivity index (χ2v) is 6.49. The summed E-state index contributed by atoms with van der Waals surface area (Å²) < 4.78 is 5.33. The highest BCUT2D eigenvalue weighted by Gasteiger charge is 2.44. The minimum Gasteiger partial charge on any atom is -0.479 e. The highest BCUT2D eigenvalue weighted by molar-refractivity contribution is 7.07. The molecule has 1 saturated carbocycles. The molecule has 0 saturated heterocycles. The van der Waals surface area contributed by atoms with E-state index in [-0.39, 0.29) is 6.04 Å². The Morgan fingerprint density at radius 3 is 2.55 bits per heavy atom. The quantitative estimate of drug-likeness (QED) is 0.924. The van der Waals surface area contributed by atoms with Crippen LogP contribution in [0.2, 0.25) is 0 Å². The van der Waals surface area contributed by atoms with Crippen molar-refractivity contribution in [2.24, 2.45) is 0 Å². The Balaban J connectivity index is 2.26. The van der Waals surface area contributed by atoms with E-state index in [1.54, 1.807) is 31.7 Å². The van der Waals surface area contributed by atoms with Gasteiger partial charge in [-0.05, 0) is 33.6 Å². The lowest BCUT2D eigenvalue weighted by Gasteiger charge is -2.30. The van der Waals surface area contributed by atoms with E-state index in [9.17, 15) is 14.7 Å². The summed E-state index contributed by atoms with van der Waals surface area (Å²) in [7, 11) is 0. The summed E-state index contributed by atoms with van der Waals surface area (Å²) in [5, 5.41) is 11.1. The first-order valence-corrected chi connectivity index (χ1v) is 7.36. The highest BCUT2D eigenvalue weighted by Crippen LogP contribution is 2.35. The van der Waals surface area contributed by atoms with E-state index < -0.39 is 23.7 Å². The van der Waals surface area contributed by atoms with Crippen LogP contribution in [-0.4, -0.2) is 38.7 Å². The lowest BCUT2D eigenvalue weighted by Crippen LogP contribution is -2.43. The van der Waals surface area contributed by atoms with Gasteiger partial charge in [0.1, 0.15) is 5.60 Å². The average Bonchev–Trinajstić information content (AvgIpc) is 2.98. The summed E-state index contributed by atoms with van der Waals surface area (Å²) in [5.74, 6) is -1.09. The molecule has 1 heterocycles. The molecule has 0 spiro atoms. The van der Waals surface area contributed by atoms with Gasteiger partial charge in [0.05, 0.1) is 11.2 Å². The minimum absolute atomic E-state index is 0.0763. The van der Waals surface area contributed by atoms with Crippen LogP contribution in [0.5, 0.6) is 0 Å². The van der Waals surface area contributed by atoms with Gasteiger partial charge in [-0.1, -0.05) is 0 Å². The number of carboxylic acids is 1. The number of thiazole rings is 1. The number of rotatable bonds is 4. The number of nitrogens with zero attached hydrogens (tertiary/aromatic N) is 2. The maximum atomic E-state index is 12.3. The molecular formula is C13H18N2O4S. The molecule has 1 N–H and O–H groups in total. The molecule has 1 aliphatic rings. The number of amides is 1. The van der Waals surface area contributed by atoms with E-state index in [4.69, 9.17) is 4.74 Å². The van der Waals surface area contributed by atoms with Crippen molar-refractivity contribution in [1.29, 1.82) is 0 Å². The van der Waals surface area contributed by atoms with Crippen LogP contribution in [-0.2, 0) is 9.53 Å². The Bertz CT molecular complexity index is 491. The van der Waals surface area contributed by atoms with Crippen molar-refractivity contribution in [3.63, 3.8) is 0 Å². The van der Waals surface area contributed by atoms with E-state index in [0.29, 0.717) is 5.69 Å². The van der Waals surface area contributed by atoms with E-state index in [1.807, 2.05) is 0 Å². The lowest BCUT2D eigenvalue weighted by atomic mass is 10.2. The normalized spacial score (nSPS) is 16.6. The monoisotopic (exact) mass is 298 g/mol. The van der Waals surface area contributed by atoms with Crippen molar-refractivity contribution in [2.45, 2.75) is 51.3 Å². The number of carbonyl (C=O) groups is 2. The van der Waals surface area contributed by atoms with Gasteiger partial charge in [-0.3, -0.25) is 4.90 Å². The molecule has 0 radical (unpaired) electrons. The van der Waals surface area contributed by atoms with E-state index >= 15 is 0 Å². The van der Waals surface area contributed by atoms with Gasteiger partial charge < -0.3 is 9.84 Å². The number of aromatic nitrogens is 1. The average molecular weight is 298 g/mol. The molecule has 6 nitrogen and oxygen atoms in total. The third kappa shape index (κ3) is 3.47.